The molecule has 2 bridgehead atoms. The van der Waals surface area contributed by atoms with Crippen molar-refractivity contribution < 1.29 is 4.79 Å². The molecule has 2 saturated heterocycles. The topological polar surface area (TPSA) is 20.3 Å². The fourth-order valence-corrected chi connectivity index (χ4v) is 2.76. The van der Waals surface area contributed by atoms with Crippen LogP contribution in [0.3, 0.4) is 0 Å². The SMILES string of the molecule is O=C1C2CCN(C2)C1CC#Cc1ccccc1. The average molecular weight is 225 g/mol. The minimum Gasteiger partial charge on any atom is -0.298 e. The van der Waals surface area contributed by atoms with Gasteiger partial charge in [0, 0.05) is 24.4 Å². The van der Waals surface area contributed by atoms with Crippen LogP contribution in [0.25, 0.3) is 0 Å². The normalized spacial score (nSPS) is 30.1. The molecule has 2 fully saturated rings. The van der Waals surface area contributed by atoms with Crippen LogP contribution in [0.5, 0.6) is 0 Å². The van der Waals surface area contributed by atoms with Crippen LogP contribution in [0.4, 0.5) is 0 Å². The summed E-state index contributed by atoms with van der Waals surface area (Å²) < 4.78 is 0. The van der Waals surface area contributed by atoms with E-state index in [1.807, 2.05) is 30.3 Å². The predicted octanol–water partition coefficient (Wildman–Crippen LogP) is 1.70. The Kier molecular flexibility index (Phi) is 2.70. The van der Waals surface area contributed by atoms with Crippen LogP contribution in [0, 0.1) is 17.8 Å². The summed E-state index contributed by atoms with van der Waals surface area (Å²) in [6, 6.07) is 10.0. The van der Waals surface area contributed by atoms with Crippen molar-refractivity contribution in [3.8, 4) is 11.8 Å². The number of piperidine rings is 1. The van der Waals surface area contributed by atoms with Crippen molar-refractivity contribution in [2.24, 2.45) is 5.92 Å². The zero-order chi connectivity index (χ0) is 11.7. The third-order valence-corrected chi connectivity index (χ3v) is 3.69. The second-order valence-corrected chi connectivity index (χ2v) is 4.77. The second-order valence-electron chi connectivity index (χ2n) is 4.77. The summed E-state index contributed by atoms with van der Waals surface area (Å²) in [5.41, 5.74) is 1.03. The molecule has 2 heterocycles. The van der Waals surface area contributed by atoms with Gasteiger partial charge in [0.05, 0.1) is 6.04 Å². The van der Waals surface area contributed by atoms with Crippen molar-refractivity contribution in [2.45, 2.75) is 18.9 Å². The lowest BCUT2D eigenvalue weighted by Crippen LogP contribution is -2.35. The molecule has 2 aliphatic rings. The van der Waals surface area contributed by atoms with Crippen molar-refractivity contribution in [1.82, 2.24) is 4.90 Å². The molecule has 0 N–H and O–H groups in total. The summed E-state index contributed by atoms with van der Waals surface area (Å²) in [4.78, 5) is 14.2. The first-order valence-corrected chi connectivity index (χ1v) is 6.16. The van der Waals surface area contributed by atoms with Gasteiger partial charge in [-0.3, -0.25) is 9.69 Å². The first kappa shape index (κ1) is 10.6. The molecular weight excluding hydrogens is 210 g/mol. The Labute approximate surface area is 102 Å². The van der Waals surface area contributed by atoms with Gasteiger partial charge in [0.15, 0.2) is 5.78 Å². The van der Waals surface area contributed by atoms with Crippen molar-refractivity contribution in [3.63, 3.8) is 0 Å². The van der Waals surface area contributed by atoms with E-state index in [-0.39, 0.29) is 6.04 Å². The number of benzene rings is 1. The summed E-state index contributed by atoms with van der Waals surface area (Å²) in [6.45, 7) is 2.05. The van der Waals surface area contributed by atoms with E-state index in [0.717, 1.165) is 25.1 Å². The Bertz CT molecular complexity index is 483. The molecule has 3 unspecified atom stereocenters. The lowest BCUT2D eigenvalue weighted by Gasteiger charge is -2.21. The highest BCUT2D eigenvalue weighted by Crippen LogP contribution is 2.30. The number of hydrogen-bond donors (Lipinski definition) is 0. The summed E-state index contributed by atoms with van der Waals surface area (Å²) in [5.74, 6) is 6.99. The maximum absolute atomic E-state index is 11.9. The second kappa shape index (κ2) is 4.35. The van der Waals surface area contributed by atoms with Gasteiger partial charge < -0.3 is 0 Å². The highest BCUT2D eigenvalue weighted by Gasteiger charge is 2.44. The van der Waals surface area contributed by atoms with Gasteiger partial charge in [-0.25, -0.2) is 0 Å². The third-order valence-electron chi connectivity index (χ3n) is 3.69. The number of carbonyl (C=O) groups excluding carboxylic acids is 1. The molecule has 2 aliphatic heterocycles. The molecule has 3 atom stereocenters. The van der Waals surface area contributed by atoms with E-state index in [1.54, 1.807) is 0 Å². The molecule has 0 saturated carbocycles. The quantitative estimate of drug-likeness (QED) is 0.678. The molecule has 2 heteroatoms. The Hall–Kier alpha value is -1.59. The van der Waals surface area contributed by atoms with Crippen LogP contribution >= 0.6 is 0 Å². The monoisotopic (exact) mass is 225 g/mol. The lowest BCUT2D eigenvalue weighted by molar-refractivity contribution is -0.124. The van der Waals surface area contributed by atoms with Gasteiger partial charge in [-0.05, 0) is 25.1 Å². The van der Waals surface area contributed by atoms with Gasteiger partial charge in [-0.1, -0.05) is 30.0 Å². The number of ketones is 1. The van der Waals surface area contributed by atoms with Gasteiger partial charge in [-0.2, -0.15) is 0 Å². The van der Waals surface area contributed by atoms with E-state index < -0.39 is 0 Å². The van der Waals surface area contributed by atoms with Gasteiger partial charge >= 0.3 is 0 Å². The molecule has 86 valence electrons. The molecule has 2 nitrogen and oxygen atoms in total. The van der Waals surface area contributed by atoms with Gasteiger partial charge in [0.1, 0.15) is 0 Å². The van der Waals surface area contributed by atoms with E-state index >= 15 is 0 Å². The number of Topliss-reactive ketones (excluding diaryl/α,β-unsaturated/α-hetero) is 1. The minimum atomic E-state index is 0.0740. The molecule has 17 heavy (non-hydrogen) atoms. The zero-order valence-electron chi connectivity index (χ0n) is 9.73. The Morgan fingerprint density at radius 2 is 2.12 bits per heavy atom. The summed E-state index contributed by atoms with van der Waals surface area (Å²) in [6.07, 6.45) is 1.74. The zero-order valence-corrected chi connectivity index (χ0v) is 9.73. The largest absolute Gasteiger partial charge is 0.298 e. The van der Waals surface area contributed by atoms with Crippen molar-refractivity contribution in [2.75, 3.05) is 13.1 Å². The van der Waals surface area contributed by atoms with Crippen LogP contribution in [0.2, 0.25) is 0 Å². The van der Waals surface area contributed by atoms with E-state index in [2.05, 4.69) is 16.7 Å². The van der Waals surface area contributed by atoms with E-state index in [9.17, 15) is 4.79 Å². The van der Waals surface area contributed by atoms with Crippen molar-refractivity contribution >= 4 is 5.78 Å². The third kappa shape index (κ3) is 1.99. The van der Waals surface area contributed by atoms with Crippen molar-refractivity contribution in [3.05, 3.63) is 35.9 Å². The van der Waals surface area contributed by atoms with E-state index in [1.165, 1.54) is 0 Å². The minimum absolute atomic E-state index is 0.0740. The summed E-state index contributed by atoms with van der Waals surface area (Å²) in [7, 11) is 0. The standard InChI is InChI=1S/C15H15NO/c17-15-13-9-10-16(11-13)14(15)8-4-7-12-5-2-1-3-6-12/h1-3,5-6,13-14H,8-11H2. The summed E-state index contributed by atoms with van der Waals surface area (Å²) >= 11 is 0. The molecule has 0 amide bonds. The average Bonchev–Trinajstić information content (AvgIpc) is 2.94. The fourth-order valence-electron chi connectivity index (χ4n) is 2.76. The Morgan fingerprint density at radius 3 is 2.82 bits per heavy atom. The van der Waals surface area contributed by atoms with E-state index in [0.29, 0.717) is 18.1 Å². The number of fused-ring (bicyclic) bond motifs is 2. The van der Waals surface area contributed by atoms with Crippen LogP contribution in [0.15, 0.2) is 30.3 Å². The molecule has 1 aromatic rings. The molecule has 1 aromatic carbocycles. The molecule has 0 aromatic heterocycles. The maximum atomic E-state index is 11.9. The van der Waals surface area contributed by atoms with Crippen LogP contribution in [0.1, 0.15) is 18.4 Å². The van der Waals surface area contributed by atoms with Crippen molar-refractivity contribution in [1.29, 1.82) is 0 Å². The van der Waals surface area contributed by atoms with Gasteiger partial charge in [0.2, 0.25) is 0 Å². The first-order chi connectivity index (χ1) is 8.34. The molecule has 3 rings (SSSR count). The van der Waals surface area contributed by atoms with Crippen LogP contribution in [-0.2, 0) is 4.79 Å². The molecular formula is C15H15NO. The Morgan fingerprint density at radius 1 is 1.29 bits per heavy atom. The van der Waals surface area contributed by atoms with Gasteiger partial charge in [0.25, 0.3) is 0 Å². The lowest BCUT2D eigenvalue weighted by atomic mass is 9.97. The highest BCUT2D eigenvalue weighted by molar-refractivity contribution is 5.89. The Balaban J connectivity index is 1.66. The first-order valence-electron chi connectivity index (χ1n) is 6.16. The van der Waals surface area contributed by atoms with Crippen LogP contribution < -0.4 is 0 Å². The molecule has 0 spiro atoms. The fraction of sp³-hybridized carbons (Fsp3) is 0.400. The highest BCUT2D eigenvalue weighted by atomic mass is 16.1. The number of carbonyl (C=O) groups is 1. The maximum Gasteiger partial charge on any atom is 0.155 e. The van der Waals surface area contributed by atoms with Crippen LogP contribution in [-0.4, -0.2) is 29.8 Å². The van der Waals surface area contributed by atoms with E-state index in [4.69, 9.17) is 0 Å². The van der Waals surface area contributed by atoms with Gasteiger partial charge in [-0.15, -0.1) is 0 Å². The molecule has 0 radical (unpaired) electrons. The number of nitrogens with zero attached hydrogens (tertiary/aromatic N) is 1. The number of rotatable bonds is 1. The smallest absolute Gasteiger partial charge is 0.155 e. The predicted molar refractivity (Wildman–Crippen MR) is 66.4 cm³/mol. The number of hydrogen-bond acceptors (Lipinski definition) is 2. The molecule has 0 aliphatic carbocycles. The summed E-state index contributed by atoms with van der Waals surface area (Å²) in [5, 5.41) is 0.